The summed E-state index contributed by atoms with van der Waals surface area (Å²) in [5.41, 5.74) is 2.38. The Bertz CT molecular complexity index is 1650. The number of ketones is 1. The van der Waals surface area contributed by atoms with Gasteiger partial charge in [-0.1, -0.05) is 36.5 Å². The minimum atomic E-state index is -1.04. The number of carbonyl (C=O) groups excluding carboxylic acids is 2. The van der Waals surface area contributed by atoms with Crippen LogP contribution in [-0.4, -0.2) is 40.6 Å². The number of benzene rings is 3. The van der Waals surface area contributed by atoms with E-state index in [9.17, 15) is 19.8 Å². The van der Waals surface area contributed by atoms with Gasteiger partial charge in [-0.05, 0) is 76.8 Å². The van der Waals surface area contributed by atoms with Crippen LogP contribution in [-0.2, 0) is 9.59 Å². The lowest BCUT2D eigenvalue weighted by atomic mass is 9.95. The first kappa shape index (κ1) is 26.7. The molecule has 0 bridgehead atoms. The molecular formula is C29H25BrN2O6S. The number of ether oxygens (including phenoxy) is 2. The normalized spacial score (nSPS) is 16.7. The summed E-state index contributed by atoms with van der Waals surface area (Å²) in [5, 5.41) is 22.2. The molecule has 1 aliphatic heterocycles. The van der Waals surface area contributed by atoms with Crippen molar-refractivity contribution in [1.82, 2.24) is 4.98 Å². The van der Waals surface area contributed by atoms with Gasteiger partial charge in [0, 0.05) is 5.56 Å². The van der Waals surface area contributed by atoms with Gasteiger partial charge >= 0.3 is 5.91 Å². The predicted octanol–water partition coefficient (Wildman–Crippen LogP) is 6.50. The molecule has 0 spiro atoms. The highest BCUT2D eigenvalue weighted by Crippen LogP contribution is 2.47. The van der Waals surface area contributed by atoms with Gasteiger partial charge in [0.25, 0.3) is 5.78 Å². The topological polar surface area (TPSA) is 109 Å². The summed E-state index contributed by atoms with van der Waals surface area (Å²) in [5.74, 6) is -1.48. The van der Waals surface area contributed by atoms with Gasteiger partial charge in [-0.15, -0.1) is 0 Å². The number of carbonyl (C=O) groups is 2. The molecule has 8 nitrogen and oxygen atoms in total. The fourth-order valence-electron chi connectivity index (χ4n) is 4.48. The second kappa shape index (κ2) is 10.7. The lowest BCUT2D eigenvalue weighted by molar-refractivity contribution is -0.132. The molecule has 2 heterocycles. The molecule has 39 heavy (non-hydrogen) atoms. The number of rotatable bonds is 7. The third-order valence-electron chi connectivity index (χ3n) is 6.35. The van der Waals surface area contributed by atoms with Gasteiger partial charge in [0.15, 0.2) is 16.6 Å². The number of anilines is 1. The van der Waals surface area contributed by atoms with Crippen LogP contribution >= 0.6 is 27.3 Å². The van der Waals surface area contributed by atoms with Crippen LogP contribution in [0.2, 0.25) is 0 Å². The molecule has 1 aromatic heterocycles. The maximum atomic E-state index is 13.6. The van der Waals surface area contributed by atoms with Gasteiger partial charge in [-0.25, -0.2) is 4.98 Å². The summed E-state index contributed by atoms with van der Waals surface area (Å²) in [6.07, 6.45) is 0.806. The molecule has 0 radical (unpaired) electrons. The molecular weight excluding hydrogens is 584 g/mol. The van der Waals surface area contributed by atoms with Gasteiger partial charge in [-0.2, -0.15) is 0 Å². The molecule has 1 atom stereocenters. The van der Waals surface area contributed by atoms with Crippen LogP contribution in [0.15, 0.2) is 64.6 Å². The Labute approximate surface area is 237 Å². The maximum Gasteiger partial charge on any atom is 0.301 e. The van der Waals surface area contributed by atoms with E-state index in [4.69, 9.17) is 9.47 Å². The second-order valence-electron chi connectivity index (χ2n) is 9.07. The fourth-order valence-corrected chi connectivity index (χ4v) is 6.03. The number of aromatic hydroxyl groups is 1. The number of aliphatic hydroxyl groups excluding tert-OH is 1. The Kier molecular flexibility index (Phi) is 7.33. The number of aliphatic hydroxyl groups is 1. The Hall–Kier alpha value is -3.89. The van der Waals surface area contributed by atoms with E-state index >= 15 is 0 Å². The molecule has 1 aliphatic rings. The van der Waals surface area contributed by atoms with Gasteiger partial charge in [-0.3, -0.25) is 14.5 Å². The number of phenolic OH excluding ortho intramolecular Hbond substituents is 1. The first-order valence-corrected chi connectivity index (χ1v) is 13.8. The Morgan fingerprint density at radius 1 is 1.15 bits per heavy atom. The van der Waals surface area contributed by atoms with Crippen molar-refractivity contribution in [2.24, 2.45) is 0 Å². The van der Waals surface area contributed by atoms with Crippen LogP contribution in [0.4, 0.5) is 5.13 Å². The number of fused-ring (bicyclic) bond motifs is 1. The molecule has 2 N–H and O–H groups in total. The molecule has 4 aromatic rings. The monoisotopic (exact) mass is 608 g/mol. The van der Waals surface area contributed by atoms with Crippen molar-refractivity contribution in [2.75, 3.05) is 18.6 Å². The quantitative estimate of drug-likeness (QED) is 0.140. The summed E-state index contributed by atoms with van der Waals surface area (Å²) < 4.78 is 12.2. The zero-order valence-electron chi connectivity index (χ0n) is 21.4. The first-order valence-electron chi connectivity index (χ1n) is 12.2. The third kappa shape index (κ3) is 4.86. The number of nitrogens with zero attached hydrogens (tertiary/aromatic N) is 2. The predicted molar refractivity (Wildman–Crippen MR) is 154 cm³/mol. The molecule has 3 aromatic carbocycles. The number of phenols is 1. The van der Waals surface area contributed by atoms with E-state index in [0.717, 1.165) is 16.7 Å². The van der Waals surface area contributed by atoms with Crippen LogP contribution in [0.3, 0.4) is 0 Å². The summed E-state index contributed by atoms with van der Waals surface area (Å²) in [4.78, 5) is 33.1. The first-order chi connectivity index (χ1) is 18.7. The fraction of sp³-hybridized carbons (Fsp3) is 0.207. The standard InChI is InChI=1S/C29H25BrN2O6S/c1-4-10-38-18-7-5-6-16(12-18)25(33)23-24(17-13-19(30)26(34)21(14-17)37-3)32(28(36)27(23)35)29-31-20-9-8-15(2)11-22(20)39-29/h5-9,11-14,24,33-34H,4,10H2,1-3H3. The van der Waals surface area contributed by atoms with Crippen LogP contribution in [0, 0.1) is 6.92 Å². The number of halogens is 1. The molecule has 10 heteroatoms. The lowest BCUT2D eigenvalue weighted by Crippen LogP contribution is -2.29. The number of thiazole rings is 1. The summed E-state index contributed by atoms with van der Waals surface area (Å²) in [7, 11) is 1.40. The average molecular weight is 609 g/mol. The molecule has 200 valence electrons. The van der Waals surface area contributed by atoms with E-state index in [-0.39, 0.29) is 22.8 Å². The van der Waals surface area contributed by atoms with Crippen molar-refractivity contribution in [1.29, 1.82) is 0 Å². The van der Waals surface area contributed by atoms with Crippen LogP contribution in [0.1, 0.15) is 36.1 Å². The largest absolute Gasteiger partial charge is 0.507 e. The number of amides is 1. The molecule has 0 saturated carbocycles. The minimum absolute atomic E-state index is 0.109. The van der Waals surface area contributed by atoms with Crippen LogP contribution < -0.4 is 14.4 Å². The van der Waals surface area contributed by atoms with Gasteiger partial charge in [0.2, 0.25) is 0 Å². The van der Waals surface area contributed by atoms with Crippen molar-refractivity contribution < 1.29 is 29.3 Å². The Morgan fingerprint density at radius 2 is 1.95 bits per heavy atom. The Morgan fingerprint density at radius 3 is 2.69 bits per heavy atom. The highest BCUT2D eigenvalue weighted by atomic mass is 79.9. The van der Waals surface area contributed by atoms with E-state index in [1.807, 2.05) is 32.0 Å². The molecule has 1 saturated heterocycles. The smallest absolute Gasteiger partial charge is 0.301 e. The third-order valence-corrected chi connectivity index (χ3v) is 7.97. The SMILES string of the molecule is CCCOc1cccc(C(O)=C2C(=O)C(=O)N(c3nc4ccc(C)cc4s3)C2c2cc(Br)c(O)c(OC)c2)c1. The Balaban J connectivity index is 1.73. The number of methoxy groups -OCH3 is 1. The number of aryl methyl sites for hydroxylation is 1. The number of hydrogen-bond acceptors (Lipinski definition) is 8. The molecule has 5 rings (SSSR count). The van der Waals surface area contributed by atoms with Crippen molar-refractivity contribution in [2.45, 2.75) is 26.3 Å². The van der Waals surface area contributed by atoms with Crippen molar-refractivity contribution in [3.8, 4) is 17.2 Å². The van der Waals surface area contributed by atoms with Crippen LogP contribution in [0.25, 0.3) is 16.0 Å². The van der Waals surface area contributed by atoms with Crippen LogP contribution in [0.5, 0.6) is 17.2 Å². The zero-order valence-corrected chi connectivity index (χ0v) is 23.8. The zero-order chi connectivity index (χ0) is 27.8. The van der Waals surface area contributed by atoms with Crippen molar-refractivity contribution in [3.63, 3.8) is 0 Å². The van der Waals surface area contributed by atoms with Gasteiger partial charge in [0.1, 0.15) is 11.5 Å². The maximum absolute atomic E-state index is 13.6. The summed E-state index contributed by atoms with van der Waals surface area (Å²) >= 11 is 4.61. The van der Waals surface area contributed by atoms with E-state index in [1.165, 1.54) is 29.4 Å². The second-order valence-corrected chi connectivity index (χ2v) is 10.9. The number of hydrogen-bond donors (Lipinski definition) is 2. The molecule has 1 amide bonds. The molecule has 1 unspecified atom stereocenters. The average Bonchev–Trinajstić information content (AvgIpc) is 3.46. The summed E-state index contributed by atoms with van der Waals surface area (Å²) in [6, 6.07) is 14.6. The highest BCUT2D eigenvalue weighted by molar-refractivity contribution is 9.10. The highest BCUT2D eigenvalue weighted by Gasteiger charge is 2.48. The molecule has 1 fully saturated rings. The lowest BCUT2D eigenvalue weighted by Gasteiger charge is -2.24. The van der Waals surface area contributed by atoms with E-state index in [2.05, 4.69) is 20.9 Å². The summed E-state index contributed by atoms with van der Waals surface area (Å²) in [6.45, 7) is 4.44. The molecule has 0 aliphatic carbocycles. The number of Topliss-reactive ketones (excluding diaryl/α,β-unsaturated/α-hetero) is 1. The van der Waals surface area contributed by atoms with E-state index in [0.29, 0.717) is 38.6 Å². The van der Waals surface area contributed by atoms with Gasteiger partial charge in [0.05, 0.1) is 40.0 Å². The van der Waals surface area contributed by atoms with Crippen molar-refractivity contribution in [3.05, 3.63) is 81.3 Å². The van der Waals surface area contributed by atoms with Crippen molar-refractivity contribution >= 4 is 60.1 Å². The van der Waals surface area contributed by atoms with E-state index in [1.54, 1.807) is 30.3 Å². The van der Waals surface area contributed by atoms with Gasteiger partial charge < -0.3 is 19.7 Å². The van der Waals surface area contributed by atoms with E-state index < -0.39 is 17.7 Å². The number of aromatic nitrogens is 1. The minimum Gasteiger partial charge on any atom is -0.507 e.